The number of hydrogen-bond donors (Lipinski definition) is 2. The van der Waals surface area contributed by atoms with Gasteiger partial charge in [0.25, 0.3) is 0 Å². The van der Waals surface area contributed by atoms with Gasteiger partial charge in [0, 0.05) is 23.7 Å². The lowest BCUT2D eigenvalue weighted by molar-refractivity contribution is 0.100. The van der Waals surface area contributed by atoms with Crippen molar-refractivity contribution >= 4 is 32.6 Å². The van der Waals surface area contributed by atoms with E-state index in [9.17, 15) is 14.4 Å². The fourth-order valence-corrected chi connectivity index (χ4v) is 4.38. The van der Waals surface area contributed by atoms with Crippen molar-refractivity contribution in [2.75, 3.05) is 11.9 Å². The molecule has 3 aromatic rings. The Morgan fingerprint density at radius 2 is 2.26 bits per heavy atom. The molecule has 1 fully saturated rings. The van der Waals surface area contributed by atoms with E-state index in [-0.39, 0.29) is 16.8 Å². The number of fused-ring (bicyclic) bond motifs is 1. The highest BCUT2D eigenvalue weighted by atomic mass is 32.1. The van der Waals surface area contributed by atoms with Crippen LogP contribution in [0.2, 0.25) is 0 Å². The first kappa shape index (κ1) is 17.4. The van der Waals surface area contributed by atoms with Crippen LogP contribution in [0.1, 0.15) is 40.9 Å². The Morgan fingerprint density at radius 1 is 1.44 bits per heavy atom. The SMILES string of the molecule is N#Cc1cc(C(N)=O)cc2sc(NCC3(c4ncccc4F)CCC3)nc12. The van der Waals surface area contributed by atoms with Crippen molar-refractivity contribution in [2.45, 2.75) is 24.7 Å². The van der Waals surface area contributed by atoms with Crippen LogP contribution in [0.15, 0.2) is 30.5 Å². The van der Waals surface area contributed by atoms with E-state index in [4.69, 9.17) is 5.73 Å². The van der Waals surface area contributed by atoms with Gasteiger partial charge >= 0.3 is 0 Å². The zero-order chi connectivity index (χ0) is 19.0. The third-order valence-corrected chi connectivity index (χ3v) is 6.01. The fraction of sp³-hybridized carbons (Fsp3) is 0.263. The maximum atomic E-state index is 14.2. The van der Waals surface area contributed by atoms with Crippen LogP contribution in [0.3, 0.4) is 0 Å². The van der Waals surface area contributed by atoms with Crippen LogP contribution in [0, 0.1) is 17.1 Å². The standard InChI is InChI=1S/C19H16FN5OS/c20-13-3-1-6-23-16(13)19(4-2-5-19)10-24-18-25-15-12(9-21)7-11(17(22)26)8-14(15)27-18/h1,3,6-8H,2,4-5,10H2,(H2,22,26)(H,24,25). The molecule has 27 heavy (non-hydrogen) atoms. The minimum Gasteiger partial charge on any atom is -0.366 e. The smallest absolute Gasteiger partial charge is 0.248 e. The molecule has 1 saturated carbocycles. The zero-order valence-corrected chi connectivity index (χ0v) is 15.1. The molecule has 3 N–H and O–H groups in total. The van der Waals surface area contributed by atoms with E-state index in [0.29, 0.717) is 33.2 Å². The number of rotatable bonds is 5. The van der Waals surface area contributed by atoms with E-state index in [2.05, 4.69) is 21.4 Å². The maximum absolute atomic E-state index is 14.2. The molecule has 4 rings (SSSR count). The topological polar surface area (TPSA) is 105 Å². The van der Waals surface area contributed by atoms with E-state index < -0.39 is 5.91 Å². The fourth-order valence-electron chi connectivity index (χ4n) is 3.45. The molecule has 0 spiro atoms. The van der Waals surface area contributed by atoms with Crippen LogP contribution < -0.4 is 11.1 Å². The summed E-state index contributed by atoms with van der Waals surface area (Å²) in [6.45, 7) is 0.505. The molecule has 2 heterocycles. The summed E-state index contributed by atoms with van der Waals surface area (Å²) in [6, 6.07) is 8.17. The molecule has 1 aliphatic carbocycles. The number of primary amides is 1. The highest BCUT2D eigenvalue weighted by molar-refractivity contribution is 7.22. The molecule has 2 aromatic heterocycles. The first-order valence-electron chi connectivity index (χ1n) is 8.52. The number of aromatic nitrogens is 2. The minimum absolute atomic E-state index is 0.278. The summed E-state index contributed by atoms with van der Waals surface area (Å²) in [7, 11) is 0. The number of nitriles is 1. The van der Waals surface area contributed by atoms with Crippen molar-refractivity contribution in [3.8, 4) is 6.07 Å². The van der Waals surface area contributed by atoms with Crippen LogP contribution in [0.4, 0.5) is 9.52 Å². The molecule has 0 atom stereocenters. The molecule has 1 aliphatic rings. The quantitative estimate of drug-likeness (QED) is 0.705. The van der Waals surface area contributed by atoms with Crippen molar-refractivity contribution in [3.05, 3.63) is 53.1 Å². The van der Waals surface area contributed by atoms with Gasteiger partial charge in [-0.2, -0.15) is 5.26 Å². The predicted molar refractivity (Wildman–Crippen MR) is 101 cm³/mol. The molecule has 136 valence electrons. The summed E-state index contributed by atoms with van der Waals surface area (Å²) in [5.41, 5.74) is 6.58. The highest BCUT2D eigenvalue weighted by Gasteiger charge is 2.41. The van der Waals surface area contributed by atoms with Crippen LogP contribution in [0.25, 0.3) is 10.2 Å². The Hall–Kier alpha value is -3.05. The summed E-state index contributed by atoms with van der Waals surface area (Å²) in [6.07, 6.45) is 4.35. The average Bonchev–Trinajstić information content (AvgIpc) is 3.04. The highest BCUT2D eigenvalue weighted by Crippen LogP contribution is 2.44. The molecule has 0 aliphatic heterocycles. The number of carbonyl (C=O) groups excluding carboxylic acids is 1. The molecule has 1 amide bonds. The number of thiazole rings is 1. The number of nitrogens with zero attached hydrogens (tertiary/aromatic N) is 3. The second-order valence-corrected chi connectivity index (χ2v) is 7.72. The molecule has 0 radical (unpaired) electrons. The van der Waals surface area contributed by atoms with Gasteiger partial charge in [-0.05, 0) is 37.1 Å². The second-order valence-electron chi connectivity index (χ2n) is 6.69. The molecule has 6 nitrogen and oxygen atoms in total. The molecule has 8 heteroatoms. The lowest BCUT2D eigenvalue weighted by atomic mass is 9.66. The van der Waals surface area contributed by atoms with Crippen LogP contribution >= 0.6 is 11.3 Å². The number of amides is 1. The Kier molecular flexibility index (Phi) is 4.24. The van der Waals surface area contributed by atoms with Crippen LogP contribution in [-0.4, -0.2) is 22.4 Å². The Labute approximate surface area is 158 Å². The van der Waals surface area contributed by atoms with E-state index >= 15 is 0 Å². The summed E-state index contributed by atoms with van der Waals surface area (Å²) in [5.74, 6) is -0.878. The normalized spacial score (nSPS) is 15.1. The molecular weight excluding hydrogens is 365 g/mol. The lowest BCUT2D eigenvalue weighted by Gasteiger charge is -2.41. The van der Waals surface area contributed by atoms with Crippen molar-refractivity contribution in [2.24, 2.45) is 5.73 Å². The van der Waals surface area contributed by atoms with Gasteiger partial charge in [-0.25, -0.2) is 9.37 Å². The zero-order valence-electron chi connectivity index (χ0n) is 14.3. The largest absolute Gasteiger partial charge is 0.366 e. The van der Waals surface area contributed by atoms with Gasteiger partial charge < -0.3 is 11.1 Å². The van der Waals surface area contributed by atoms with E-state index in [1.54, 1.807) is 18.3 Å². The first-order chi connectivity index (χ1) is 13.0. The number of carbonyl (C=O) groups is 1. The van der Waals surface area contributed by atoms with Crippen molar-refractivity contribution in [3.63, 3.8) is 0 Å². The van der Waals surface area contributed by atoms with Gasteiger partial charge in [-0.15, -0.1) is 0 Å². The second kappa shape index (κ2) is 6.59. The summed E-state index contributed by atoms with van der Waals surface area (Å²) >= 11 is 1.34. The van der Waals surface area contributed by atoms with Gasteiger partial charge in [0.2, 0.25) is 5.91 Å². The number of benzene rings is 1. The molecule has 0 saturated heterocycles. The lowest BCUT2D eigenvalue weighted by Crippen LogP contribution is -2.42. The molecule has 1 aromatic carbocycles. The molecule has 0 unspecified atom stereocenters. The third-order valence-electron chi connectivity index (χ3n) is 5.05. The molecular formula is C19H16FN5OS. The first-order valence-corrected chi connectivity index (χ1v) is 9.33. The molecule has 0 bridgehead atoms. The number of hydrogen-bond acceptors (Lipinski definition) is 6. The monoisotopic (exact) mass is 381 g/mol. The maximum Gasteiger partial charge on any atom is 0.248 e. The van der Waals surface area contributed by atoms with E-state index in [1.807, 2.05) is 0 Å². The summed E-state index contributed by atoms with van der Waals surface area (Å²) in [4.78, 5) is 20.2. The van der Waals surface area contributed by atoms with Crippen molar-refractivity contribution in [1.82, 2.24) is 9.97 Å². The number of pyridine rings is 1. The number of anilines is 1. The Morgan fingerprint density at radius 3 is 2.89 bits per heavy atom. The van der Waals surface area contributed by atoms with Gasteiger partial charge in [0.05, 0.1) is 16.0 Å². The average molecular weight is 381 g/mol. The Bertz CT molecular complexity index is 1080. The minimum atomic E-state index is -0.588. The van der Waals surface area contributed by atoms with E-state index in [1.165, 1.54) is 23.5 Å². The number of halogens is 1. The van der Waals surface area contributed by atoms with Gasteiger partial charge in [0.15, 0.2) is 5.13 Å². The Balaban J connectivity index is 1.63. The van der Waals surface area contributed by atoms with Crippen molar-refractivity contribution < 1.29 is 9.18 Å². The van der Waals surface area contributed by atoms with Crippen LogP contribution in [0.5, 0.6) is 0 Å². The van der Waals surface area contributed by atoms with Gasteiger partial charge in [0.1, 0.15) is 17.4 Å². The summed E-state index contributed by atoms with van der Waals surface area (Å²) in [5, 5.41) is 13.2. The van der Waals surface area contributed by atoms with Crippen LogP contribution in [-0.2, 0) is 5.41 Å². The predicted octanol–water partition coefficient (Wildman–Crippen LogP) is 3.33. The van der Waals surface area contributed by atoms with Gasteiger partial charge in [-0.1, -0.05) is 17.8 Å². The number of nitrogens with one attached hydrogen (secondary N) is 1. The van der Waals surface area contributed by atoms with E-state index in [0.717, 1.165) is 19.3 Å². The third kappa shape index (κ3) is 3.00. The van der Waals surface area contributed by atoms with Crippen molar-refractivity contribution in [1.29, 1.82) is 5.26 Å². The number of nitrogens with two attached hydrogens (primary N) is 1. The summed E-state index contributed by atoms with van der Waals surface area (Å²) < 4.78 is 14.9. The van der Waals surface area contributed by atoms with Gasteiger partial charge in [-0.3, -0.25) is 9.78 Å².